The summed E-state index contributed by atoms with van der Waals surface area (Å²) in [5.74, 6) is 0. The van der Waals surface area contributed by atoms with Gasteiger partial charge >= 0.3 is 0 Å². The molecule has 0 amide bonds. The van der Waals surface area contributed by atoms with Gasteiger partial charge in [-0.3, -0.25) is 0 Å². The maximum absolute atomic E-state index is 2.43. The van der Waals surface area contributed by atoms with Crippen molar-refractivity contribution in [2.75, 3.05) is 9.80 Å². The van der Waals surface area contributed by atoms with Gasteiger partial charge in [0.2, 0.25) is 0 Å². The van der Waals surface area contributed by atoms with Crippen molar-refractivity contribution in [3.63, 3.8) is 0 Å². The predicted octanol–water partition coefficient (Wildman–Crippen LogP) is 16.9. The van der Waals surface area contributed by atoms with Crippen LogP contribution in [-0.2, 0) is 0 Å². The van der Waals surface area contributed by atoms with E-state index in [0.29, 0.717) is 0 Å². The van der Waals surface area contributed by atoms with Gasteiger partial charge in [-0.2, -0.15) is 0 Å². The van der Waals surface area contributed by atoms with E-state index in [9.17, 15) is 0 Å². The van der Waals surface area contributed by atoms with E-state index < -0.39 is 0 Å². The highest BCUT2D eigenvalue weighted by Gasteiger charge is 2.20. The van der Waals surface area contributed by atoms with Gasteiger partial charge in [-0.25, -0.2) is 0 Å². The number of hydrogen-bond acceptors (Lipinski definition) is 4. The van der Waals surface area contributed by atoms with Crippen molar-refractivity contribution in [1.29, 1.82) is 0 Å². The average Bonchev–Trinajstić information content (AvgIpc) is 3.78. The highest BCUT2D eigenvalue weighted by atomic mass is 32.1. The molecule has 0 saturated carbocycles. The number of anilines is 6. The molecule has 0 spiro atoms. The molecule has 0 aliphatic heterocycles. The van der Waals surface area contributed by atoms with E-state index in [4.69, 9.17) is 0 Å². The zero-order valence-electron chi connectivity index (χ0n) is 32.9. The lowest BCUT2D eigenvalue weighted by Gasteiger charge is -2.28. The van der Waals surface area contributed by atoms with Gasteiger partial charge in [0.25, 0.3) is 0 Å². The highest BCUT2D eigenvalue weighted by molar-refractivity contribution is 7.28. The summed E-state index contributed by atoms with van der Waals surface area (Å²) in [6.07, 6.45) is 0. The lowest BCUT2D eigenvalue weighted by molar-refractivity contribution is 1.23. The molecule has 2 aromatic heterocycles. The van der Waals surface area contributed by atoms with Crippen LogP contribution in [0, 0.1) is 27.7 Å². The standard InChI is InChI=1S/C54H40N2S2/c1-33-13-5-9-17-45(33)55(46-18-10-6-14-34(46)2)41-23-21-37-29-43-51(31-39(37)27-41)57-49-25-26-50-54(53(43)49)44-30-38-22-24-42(28-40(38)32-52(44)58-50)56(47-19-11-7-15-35(47)3)48-20-12-8-16-36(48)4/h5-32H,1-4H3. The Morgan fingerprint density at radius 2 is 0.655 bits per heavy atom. The summed E-state index contributed by atoms with van der Waals surface area (Å²) in [6, 6.07) is 63.0. The van der Waals surface area contributed by atoms with Crippen LogP contribution in [0.1, 0.15) is 22.3 Å². The smallest absolute Gasteiger partial charge is 0.0490 e. The van der Waals surface area contributed by atoms with E-state index in [1.807, 2.05) is 22.7 Å². The van der Waals surface area contributed by atoms with Gasteiger partial charge < -0.3 is 9.80 Å². The molecule has 2 heterocycles. The number of hydrogen-bond donors (Lipinski definition) is 0. The Morgan fingerprint density at radius 3 is 1.00 bits per heavy atom. The average molecular weight is 781 g/mol. The molecule has 58 heavy (non-hydrogen) atoms. The molecule has 0 radical (unpaired) electrons. The second-order valence-corrected chi connectivity index (χ2v) is 17.8. The molecule has 9 aromatic carbocycles. The topological polar surface area (TPSA) is 6.48 Å². The normalized spacial score (nSPS) is 11.8. The van der Waals surface area contributed by atoms with Gasteiger partial charge in [0.1, 0.15) is 0 Å². The Labute approximate surface area is 346 Å². The molecule has 0 aliphatic rings. The van der Waals surface area contributed by atoms with Crippen molar-refractivity contribution in [3.05, 3.63) is 192 Å². The fourth-order valence-corrected chi connectivity index (χ4v) is 11.2. The van der Waals surface area contributed by atoms with Crippen LogP contribution in [0.5, 0.6) is 0 Å². The molecule has 0 aliphatic carbocycles. The summed E-state index contributed by atoms with van der Waals surface area (Å²) in [7, 11) is 0. The fourth-order valence-electron chi connectivity index (χ4n) is 8.95. The molecule has 0 unspecified atom stereocenters. The van der Waals surface area contributed by atoms with Gasteiger partial charge in [-0.15, -0.1) is 22.7 Å². The summed E-state index contributed by atoms with van der Waals surface area (Å²) in [6.45, 7) is 8.79. The first-order valence-electron chi connectivity index (χ1n) is 19.9. The Hall–Kier alpha value is -6.46. The number of fused-ring (bicyclic) bond motifs is 9. The first-order valence-corrected chi connectivity index (χ1v) is 21.5. The number of nitrogens with zero attached hydrogens (tertiary/aromatic N) is 2. The second-order valence-electron chi connectivity index (χ2n) is 15.6. The Balaban J connectivity index is 1.06. The molecule has 0 atom stereocenters. The maximum Gasteiger partial charge on any atom is 0.0490 e. The van der Waals surface area contributed by atoms with Crippen LogP contribution in [0.15, 0.2) is 170 Å². The van der Waals surface area contributed by atoms with Crippen molar-refractivity contribution in [2.24, 2.45) is 0 Å². The van der Waals surface area contributed by atoms with Gasteiger partial charge in [-0.1, -0.05) is 84.9 Å². The molecule has 4 heteroatoms. The van der Waals surface area contributed by atoms with Crippen LogP contribution in [0.25, 0.3) is 61.9 Å². The summed E-state index contributed by atoms with van der Waals surface area (Å²) in [5, 5.41) is 10.4. The van der Waals surface area contributed by atoms with Gasteiger partial charge in [0.15, 0.2) is 0 Å². The quantitative estimate of drug-likeness (QED) is 0.166. The molecule has 11 rings (SSSR count). The molecule has 0 saturated heterocycles. The minimum Gasteiger partial charge on any atom is -0.310 e. The summed E-state index contributed by atoms with van der Waals surface area (Å²) < 4.78 is 5.31. The second kappa shape index (κ2) is 13.6. The van der Waals surface area contributed by atoms with Crippen LogP contribution < -0.4 is 9.80 Å². The molecule has 0 fully saturated rings. The van der Waals surface area contributed by atoms with Crippen molar-refractivity contribution < 1.29 is 0 Å². The van der Waals surface area contributed by atoms with Crippen molar-refractivity contribution in [2.45, 2.75) is 27.7 Å². The van der Waals surface area contributed by atoms with E-state index in [2.05, 4.69) is 207 Å². The van der Waals surface area contributed by atoms with Crippen LogP contribution in [0.4, 0.5) is 34.1 Å². The molecule has 278 valence electrons. The van der Waals surface area contributed by atoms with E-state index in [-0.39, 0.29) is 0 Å². The fraction of sp³-hybridized carbons (Fsp3) is 0.0741. The molecule has 2 nitrogen and oxygen atoms in total. The molecular formula is C54H40N2S2. The van der Waals surface area contributed by atoms with E-state index in [1.165, 1.54) is 118 Å². The third-order valence-corrected chi connectivity index (χ3v) is 14.1. The minimum absolute atomic E-state index is 1.17. The summed E-state index contributed by atoms with van der Waals surface area (Å²) in [4.78, 5) is 4.83. The molecule has 0 N–H and O–H groups in total. The molecule has 0 bridgehead atoms. The zero-order valence-corrected chi connectivity index (χ0v) is 34.5. The summed E-state index contributed by atoms with van der Waals surface area (Å²) in [5.41, 5.74) is 12.1. The predicted molar refractivity (Wildman–Crippen MR) is 256 cm³/mol. The Morgan fingerprint density at radius 1 is 0.310 bits per heavy atom. The van der Waals surface area contributed by atoms with Crippen molar-refractivity contribution in [3.8, 4) is 0 Å². The van der Waals surface area contributed by atoms with Crippen LogP contribution in [0.2, 0.25) is 0 Å². The largest absolute Gasteiger partial charge is 0.310 e. The van der Waals surface area contributed by atoms with Gasteiger partial charge in [0.05, 0.1) is 0 Å². The Bertz CT molecular complexity index is 3100. The van der Waals surface area contributed by atoms with Crippen LogP contribution >= 0.6 is 22.7 Å². The monoisotopic (exact) mass is 780 g/mol. The van der Waals surface area contributed by atoms with E-state index in [0.717, 1.165) is 0 Å². The zero-order chi connectivity index (χ0) is 39.1. The maximum atomic E-state index is 2.43. The number of aryl methyl sites for hydroxylation is 4. The SMILES string of the molecule is Cc1ccccc1N(c1ccc2cc3c(cc2c1)sc1ccc2sc4cc5cc(N(c6ccccc6C)c6ccccc6C)ccc5cc4c2c13)c1ccccc1C. The third-order valence-electron chi connectivity index (χ3n) is 11.9. The van der Waals surface area contributed by atoms with Crippen molar-refractivity contribution in [1.82, 2.24) is 0 Å². The van der Waals surface area contributed by atoms with Crippen LogP contribution in [-0.4, -0.2) is 0 Å². The third kappa shape index (κ3) is 5.59. The number of thiophene rings is 2. The number of rotatable bonds is 6. The minimum atomic E-state index is 1.17. The Kier molecular flexibility index (Phi) is 8.14. The first-order chi connectivity index (χ1) is 28.4. The number of benzene rings is 9. The van der Waals surface area contributed by atoms with Gasteiger partial charge in [-0.05, 0) is 156 Å². The lowest BCUT2D eigenvalue weighted by Crippen LogP contribution is -2.12. The van der Waals surface area contributed by atoms with Gasteiger partial charge in [0, 0.05) is 74.5 Å². The van der Waals surface area contributed by atoms with Crippen molar-refractivity contribution >= 4 is 119 Å². The number of para-hydroxylation sites is 4. The first kappa shape index (κ1) is 34.8. The molecule has 11 aromatic rings. The lowest BCUT2D eigenvalue weighted by atomic mass is 10.00. The van der Waals surface area contributed by atoms with E-state index >= 15 is 0 Å². The summed E-state index contributed by atoms with van der Waals surface area (Å²) >= 11 is 3.82. The van der Waals surface area contributed by atoms with E-state index in [1.54, 1.807) is 0 Å². The highest BCUT2D eigenvalue weighted by Crippen LogP contribution is 2.48. The molecular weight excluding hydrogens is 741 g/mol. The van der Waals surface area contributed by atoms with Crippen LogP contribution in [0.3, 0.4) is 0 Å².